The Kier molecular flexibility index (Phi) is 5.30. The smallest absolute Gasteiger partial charge is 0.264 e. The second-order valence-electron chi connectivity index (χ2n) is 5.71. The second kappa shape index (κ2) is 7.33. The van der Waals surface area contributed by atoms with Gasteiger partial charge < -0.3 is 9.84 Å². The first-order valence-corrected chi connectivity index (χ1v) is 10.1. The predicted molar refractivity (Wildman–Crippen MR) is 93.6 cm³/mol. The van der Waals surface area contributed by atoms with Crippen molar-refractivity contribution in [2.24, 2.45) is 0 Å². The topological polar surface area (TPSA) is 116 Å². The van der Waals surface area contributed by atoms with Gasteiger partial charge >= 0.3 is 0 Å². The Morgan fingerprint density at radius 3 is 2.62 bits per heavy atom. The van der Waals surface area contributed by atoms with Crippen molar-refractivity contribution in [2.75, 3.05) is 13.7 Å². The van der Waals surface area contributed by atoms with Crippen molar-refractivity contribution in [1.29, 1.82) is 0 Å². The van der Waals surface area contributed by atoms with E-state index in [2.05, 4.69) is 0 Å². The standard InChI is InChI=1S/C16H18N2O6S2/c1-24-10-2-4-11(5-3-10)26(22,23)18-8-6-13-12(7-9-25-13)15(19)14(18)16(20)17-21/h2-5,7,9,14-15,19,21H,6,8H2,1H3,(H,17,20)/t14-,15+/m0/s1. The first kappa shape index (κ1) is 18.8. The van der Waals surface area contributed by atoms with E-state index in [0.717, 1.165) is 9.18 Å². The van der Waals surface area contributed by atoms with Crippen LogP contribution in [-0.4, -0.2) is 48.6 Å². The fourth-order valence-electron chi connectivity index (χ4n) is 2.99. The van der Waals surface area contributed by atoms with E-state index in [1.165, 1.54) is 48.2 Å². The fourth-order valence-corrected chi connectivity index (χ4v) is 5.49. The number of ether oxygens (including phenoxy) is 1. The molecule has 26 heavy (non-hydrogen) atoms. The van der Waals surface area contributed by atoms with Crippen molar-refractivity contribution >= 4 is 27.3 Å². The summed E-state index contributed by atoms with van der Waals surface area (Å²) in [4.78, 5) is 13.0. The fraction of sp³-hybridized carbons (Fsp3) is 0.312. The highest BCUT2D eigenvalue weighted by molar-refractivity contribution is 7.89. The Bertz CT molecular complexity index is 894. The summed E-state index contributed by atoms with van der Waals surface area (Å²) in [6, 6.07) is 5.91. The Hall–Kier alpha value is -1.98. The van der Waals surface area contributed by atoms with Gasteiger partial charge in [-0.3, -0.25) is 10.0 Å². The molecule has 0 spiro atoms. The number of benzene rings is 1. The number of nitrogens with zero attached hydrogens (tertiary/aromatic N) is 1. The van der Waals surface area contributed by atoms with Gasteiger partial charge in [-0.15, -0.1) is 11.3 Å². The number of aliphatic hydroxyl groups excluding tert-OH is 1. The highest BCUT2D eigenvalue weighted by Gasteiger charge is 2.43. The van der Waals surface area contributed by atoms with E-state index in [1.807, 2.05) is 0 Å². The molecule has 2 heterocycles. The normalized spacial score (nSPS) is 20.9. The quantitative estimate of drug-likeness (QED) is 0.521. The monoisotopic (exact) mass is 398 g/mol. The average molecular weight is 398 g/mol. The van der Waals surface area contributed by atoms with E-state index in [-0.39, 0.29) is 11.4 Å². The van der Waals surface area contributed by atoms with E-state index in [0.29, 0.717) is 17.7 Å². The highest BCUT2D eigenvalue weighted by Crippen LogP contribution is 2.35. The number of aliphatic hydroxyl groups is 1. The first-order chi connectivity index (χ1) is 12.4. The number of rotatable bonds is 4. The maximum atomic E-state index is 13.1. The van der Waals surface area contributed by atoms with Crippen molar-refractivity contribution in [3.05, 3.63) is 46.2 Å². The molecule has 1 amide bonds. The van der Waals surface area contributed by atoms with Crippen LogP contribution in [0.25, 0.3) is 0 Å². The summed E-state index contributed by atoms with van der Waals surface area (Å²) >= 11 is 1.38. The number of amides is 1. The molecule has 0 fully saturated rings. The maximum absolute atomic E-state index is 13.1. The molecule has 1 aromatic heterocycles. The Labute approximate surface area is 154 Å². The predicted octanol–water partition coefficient (Wildman–Crippen LogP) is 0.911. The lowest BCUT2D eigenvalue weighted by Crippen LogP contribution is -2.51. The summed E-state index contributed by atoms with van der Waals surface area (Å²) in [7, 11) is -2.63. The molecular formula is C16H18N2O6S2. The van der Waals surface area contributed by atoms with Gasteiger partial charge in [0.15, 0.2) is 0 Å². The van der Waals surface area contributed by atoms with Crippen LogP contribution < -0.4 is 10.2 Å². The third-order valence-corrected chi connectivity index (χ3v) is 7.20. The van der Waals surface area contributed by atoms with Crippen molar-refractivity contribution in [2.45, 2.75) is 23.5 Å². The Balaban J connectivity index is 2.05. The number of thiophene rings is 1. The van der Waals surface area contributed by atoms with Gasteiger partial charge in [-0.25, -0.2) is 13.9 Å². The molecule has 0 bridgehead atoms. The van der Waals surface area contributed by atoms with Crippen LogP contribution in [-0.2, 0) is 21.2 Å². The van der Waals surface area contributed by atoms with Crippen molar-refractivity contribution in [3.8, 4) is 5.75 Å². The zero-order chi connectivity index (χ0) is 18.9. The number of hydrogen-bond donors (Lipinski definition) is 3. The van der Waals surface area contributed by atoms with E-state index in [1.54, 1.807) is 11.4 Å². The highest BCUT2D eigenvalue weighted by atomic mass is 32.2. The summed E-state index contributed by atoms with van der Waals surface area (Å²) in [5.41, 5.74) is 1.96. The van der Waals surface area contributed by atoms with Crippen LogP contribution in [0, 0.1) is 0 Å². The summed E-state index contributed by atoms with van der Waals surface area (Å²) in [6.07, 6.45) is -1.03. The molecule has 3 rings (SSSR count). The van der Waals surface area contributed by atoms with E-state index in [9.17, 15) is 18.3 Å². The summed E-state index contributed by atoms with van der Waals surface area (Å²) < 4.78 is 32.2. The van der Waals surface area contributed by atoms with Gasteiger partial charge in [0.2, 0.25) is 10.0 Å². The first-order valence-electron chi connectivity index (χ1n) is 7.74. The molecule has 0 aliphatic carbocycles. The third-order valence-electron chi connectivity index (χ3n) is 4.31. The third kappa shape index (κ3) is 3.21. The molecule has 1 aliphatic heterocycles. The number of methoxy groups -OCH3 is 1. The molecule has 8 nitrogen and oxygen atoms in total. The lowest BCUT2D eigenvalue weighted by Gasteiger charge is -2.30. The minimum absolute atomic E-state index is 0.00295. The number of fused-ring (bicyclic) bond motifs is 1. The van der Waals surface area contributed by atoms with E-state index in [4.69, 9.17) is 9.94 Å². The van der Waals surface area contributed by atoms with Gasteiger partial charge in [0.25, 0.3) is 5.91 Å². The summed E-state index contributed by atoms with van der Waals surface area (Å²) in [5, 5.41) is 21.5. The molecule has 0 radical (unpaired) electrons. The van der Waals surface area contributed by atoms with Crippen LogP contribution in [0.2, 0.25) is 0 Å². The average Bonchev–Trinajstić information content (AvgIpc) is 3.07. The number of sulfonamides is 1. The number of hydroxylamine groups is 1. The van der Waals surface area contributed by atoms with Crippen LogP contribution in [0.5, 0.6) is 5.75 Å². The SMILES string of the molecule is COc1ccc(S(=O)(=O)N2CCc3sccc3[C@@H](O)[C@H]2C(=O)NO)cc1. The number of nitrogens with one attached hydrogen (secondary N) is 1. The molecule has 3 N–H and O–H groups in total. The zero-order valence-electron chi connectivity index (χ0n) is 13.8. The van der Waals surface area contributed by atoms with Crippen molar-refractivity contribution in [1.82, 2.24) is 9.79 Å². The van der Waals surface area contributed by atoms with E-state index >= 15 is 0 Å². The number of carbonyl (C=O) groups is 1. The largest absolute Gasteiger partial charge is 0.497 e. The van der Waals surface area contributed by atoms with E-state index < -0.39 is 28.1 Å². The number of hydrogen-bond acceptors (Lipinski definition) is 7. The summed E-state index contributed by atoms with van der Waals surface area (Å²) in [6.45, 7) is -0.00295. The molecule has 0 saturated carbocycles. The zero-order valence-corrected chi connectivity index (χ0v) is 15.5. The molecule has 2 atom stereocenters. The Morgan fingerprint density at radius 1 is 1.31 bits per heavy atom. The lowest BCUT2D eigenvalue weighted by atomic mass is 10.0. The van der Waals surface area contributed by atoms with Crippen LogP contribution in [0.1, 0.15) is 16.5 Å². The molecule has 2 aromatic rings. The molecular weight excluding hydrogens is 380 g/mol. The minimum Gasteiger partial charge on any atom is -0.497 e. The summed E-state index contributed by atoms with van der Waals surface area (Å²) in [5.74, 6) is -0.500. The van der Waals surface area contributed by atoms with Gasteiger partial charge in [-0.2, -0.15) is 4.31 Å². The molecule has 10 heteroatoms. The van der Waals surface area contributed by atoms with Gasteiger partial charge in [0, 0.05) is 11.4 Å². The molecule has 0 saturated heterocycles. The van der Waals surface area contributed by atoms with Crippen molar-refractivity contribution in [3.63, 3.8) is 0 Å². The second-order valence-corrected chi connectivity index (χ2v) is 8.60. The molecule has 140 valence electrons. The van der Waals surface area contributed by atoms with Gasteiger partial charge in [-0.1, -0.05) is 0 Å². The minimum atomic E-state index is -4.09. The van der Waals surface area contributed by atoms with Gasteiger partial charge in [-0.05, 0) is 47.7 Å². The molecule has 0 unspecified atom stereocenters. The van der Waals surface area contributed by atoms with Gasteiger partial charge in [0.1, 0.15) is 17.9 Å². The van der Waals surface area contributed by atoms with Crippen LogP contribution in [0.4, 0.5) is 0 Å². The molecule has 1 aromatic carbocycles. The maximum Gasteiger partial charge on any atom is 0.264 e. The molecule has 1 aliphatic rings. The van der Waals surface area contributed by atoms with Gasteiger partial charge in [0.05, 0.1) is 12.0 Å². The van der Waals surface area contributed by atoms with Crippen LogP contribution >= 0.6 is 11.3 Å². The lowest BCUT2D eigenvalue weighted by molar-refractivity contribution is -0.136. The van der Waals surface area contributed by atoms with Crippen molar-refractivity contribution < 1.29 is 28.3 Å². The number of carbonyl (C=O) groups excluding carboxylic acids is 1. The Morgan fingerprint density at radius 2 is 2.00 bits per heavy atom. The van der Waals surface area contributed by atoms with Crippen LogP contribution in [0.3, 0.4) is 0 Å². The van der Waals surface area contributed by atoms with Crippen LogP contribution in [0.15, 0.2) is 40.6 Å².